The van der Waals surface area contributed by atoms with Crippen LogP contribution in [0, 0.1) is 0 Å². The number of benzene rings is 1. The molecule has 0 bridgehead atoms. The van der Waals surface area contributed by atoms with Crippen molar-refractivity contribution in [3.05, 3.63) is 53.5 Å². The number of rotatable bonds is 10. The fourth-order valence-electron chi connectivity index (χ4n) is 1.98. The summed E-state index contributed by atoms with van der Waals surface area (Å²) < 4.78 is 4.76. The number of aliphatic hydroxyl groups excluding tert-OH is 1. The maximum atomic E-state index is 11.6. The molecule has 4 heteroatoms. The molecule has 1 N–H and O–H groups in total. The largest absolute Gasteiger partial charge is 0.465 e. The van der Waals surface area contributed by atoms with Gasteiger partial charge in [-0.3, -0.25) is 0 Å². The predicted octanol–water partition coefficient (Wildman–Crippen LogP) is 4.28. The summed E-state index contributed by atoms with van der Waals surface area (Å²) in [6.45, 7) is 3.68. The second-order valence-corrected chi connectivity index (χ2v) is 5.88. The molecule has 1 atom stereocenters. The Morgan fingerprint density at radius 3 is 2.91 bits per heavy atom. The Morgan fingerprint density at radius 2 is 2.18 bits per heavy atom. The normalized spacial score (nSPS) is 12.3. The Kier molecular flexibility index (Phi) is 9.35. The highest BCUT2D eigenvalue weighted by Gasteiger charge is 2.08. The number of carbonyl (C=O) groups is 1. The van der Waals surface area contributed by atoms with Gasteiger partial charge in [0.15, 0.2) is 0 Å². The van der Waals surface area contributed by atoms with E-state index in [0.717, 1.165) is 31.2 Å². The minimum atomic E-state index is -0.340. The summed E-state index contributed by atoms with van der Waals surface area (Å²) in [5.41, 5.74) is 1.37. The zero-order valence-electron chi connectivity index (χ0n) is 13.0. The van der Waals surface area contributed by atoms with E-state index in [1.165, 1.54) is 7.11 Å². The van der Waals surface area contributed by atoms with E-state index in [1.54, 1.807) is 17.8 Å². The first-order valence-corrected chi connectivity index (χ1v) is 8.48. The van der Waals surface area contributed by atoms with E-state index in [0.29, 0.717) is 11.3 Å². The van der Waals surface area contributed by atoms with Crippen molar-refractivity contribution in [3.63, 3.8) is 0 Å². The highest BCUT2D eigenvalue weighted by Crippen LogP contribution is 2.16. The molecular weight excluding hydrogens is 296 g/mol. The number of ether oxygens (including phenoxy) is 1. The highest BCUT2D eigenvalue weighted by atomic mass is 32.2. The van der Waals surface area contributed by atoms with Gasteiger partial charge in [0, 0.05) is 5.75 Å². The number of aliphatic hydroxyl groups is 1. The molecule has 0 fully saturated rings. The van der Waals surface area contributed by atoms with Gasteiger partial charge >= 0.3 is 5.97 Å². The van der Waals surface area contributed by atoms with Crippen molar-refractivity contribution in [2.45, 2.75) is 31.8 Å². The number of carbonyl (C=O) groups excluding carboxylic acids is 1. The molecule has 0 spiro atoms. The molecule has 0 aliphatic rings. The van der Waals surface area contributed by atoms with Crippen molar-refractivity contribution in [2.24, 2.45) is 0 Å². The molecule has 0 heterocycles. The number of esters is 1. The lowest BCUT2D eigenvalue weighted by Gasteiger charge is -2.08. The molecule has 3 nitrogen and oxygen atoms in total. The molecule has 0 saturated carbocycles. The minimum absolute atomic E-state index is 0.296. The summed E-state index contributed by atoms with van der Waals surface area (Å²) in [7, 11) is 1.38. The van der Waals surface area contributed by atoms with Crippen molar-refractivity contribution >= 4 is 23.8 Å². The zero-order chi connectivity index (χ0) is 16.2. The van der Waals surface area contributed by atoms with Gasteiger partial charge in [0.05, 0.1) is 18.8 Å². The average molecular weight is 320 g/mol. The van der Waals surface area contributed by atoms with Crippen LogP contribution in [0.15, 0.2) is 42.3 Å². The van der Waals surface area contributed by atoms with Gasteiger partial charge in [0.25, 0.3) is 0 Å². The van der Waals surface area contributed by atoms with E-state index in [2.05, 4.69) is 6.58 Å². The number of hydrogen-bond acceptors (Lipinski definition) is 4. The van der Waals surface area contributed by atoms with E-state index in [4.69, 9.17) is 4.74 Å². The molecular formula is C18H24O3S. The van der Waals surface area contributed by atoms with Gasteiger partial charge in [-0.15, -0.1) is 18.3 Å². The van der Waals surface area contributed by atoms with Crippen LogP contribution in [0.3, 0.4) is 0 Å². The molecule has 0 saturated heterocycles. The number of hydrogen-bond donors (Lipinski definition) is 1. The smallest absolute Gasteiger partial charge is 0.338 e. The third-order valence-corrected chi connectivity index (χ3v) is 4.10. The van der Waals surface area contributed by atoms with E-state index in [9.17, 15) is 9.90 Å². The molecule has 0 aliphatic heterocycles. The highest BCUT2D eigenvalue weighted by molar-refractivity contribution is 8.02. The van der Waals surface area contributed by atoms with Crippen molar-refractivity contribution in [2.75, 3.05) is 12.9 Å². The Hall–Kier alpha value is -1.52. The second kappa shape index (κ2) is 11.1. The summed E-state index contributed by atoms with van der Waals surface area (Å²) in [4.78, 5) is 11.6. The molecule has 22 heavy (non-hydrogen) atoms. The van der Waals surface area contributed by atoms with Crippen LogP contribution >= 0.6 is 11.8 Å². The van der Waals surface area contributed by atoms with Gasteiger partial charge in [-0.2, -0.15) is 0 Å². The molecule has 1 aromatic rings. The van der Waals surface area contributed by atoms with E-state index in [-0.39, 0.29) is 12.1 Å². The number of methoxy groups -OCH3 is 1. The van der Waals surface area contributed by atoms with Crippen LogP contribution < -0.4 is 0 Å². The lowest BCUT2D eigenvalue weighted by Crippen LogP contribution is -2.08. The first-order chi connectivity index (χ1) is 10.7. The summed E-state index contributed by atoms with van der Waals surface area (Å²) in [5.74, 6) is 0.317. The van der Waals surface area contributed by atoms with Crippen LogP contribution in [0.1, 0.15) is 41.6 Å². The lowest BCUT2D eigenvalue weighted by atomic mass is 10.1. The molecule has 1 rings (SSSR count). The Labute approximate surface area is 137 Å². The standard InChI is InChI=1S/C18H24O3S/c1-3-4-5-6-10-16(19)14-22-13-12-15-9-7-8-11-17(15)18(20)21-2/h3,7-9,11-13,16,19H,1,4-6,10,14H2,2H3/b13-12+. The Balaban J connectivity index is 2.40. The fourth-order valence-corrected chi connectivity index (χ4v) is 2.72. The third kappa shape index (κ3) is 6.96. The average Bonchev–Trinajstić information content (AvgIpc) is 2.55. The summed E-state index contributed by atoms with van der Waals surface area (Å²) in [6.07, 6.45) is 7.40. The van der Waals surface area contributed by atoms with Crippen molar-refractivity contribution in [1.29, 1.82) is 0 Å². The van der Waals surface area contributed by atoms with Crippen LogP contribution in [0.25, 0.3) is 6.08 Å². The van der Waals surface area contributed by atoms with Crippen LogP contribution in [0.4, 0.5) is 0 Å². The first kappa shape index (κ1) is 18.5. The summed E-state index contributed by atoms with van der Waals surface area (Å²) in [5, 5.41) is 11.8. The van der Waals surface area contributed by atoms with E-state index in [1.807, 2.05) is 35.8 Å². The molecule has 0 aromatic heterocycles. The topological polar surface area (TPSA) is 46.5 Å². The summed E-state index contributed by atoms with van der Waals surface area (Å²) in [6, 6.07) is 7.30. The zero-order valence-corrected chi connectivity index (χ0v) is 13.8. The van der Waals surface area contributed by atoms with Gasteiger partial charge in [-0.1, -0.05) is 30.7 Å². The van der Waals surface area contributed by atoms with Gasteiger partial charge in [-0.25, -0.2) is 4.79 Å². The van der Waals surface area contributed by atoms with Crippen molar-refractivity contribution in [3.8, 4) is 0 Å². The van der Waals surface area contributed by atoms with Gasteiger partial charge in [0.2, 0.25) is 0 Å². The fraction of sp³-hybridized carbons (Fsp3) is 0.389. The molecule has 0 aliphatic carbocycles. The quantitative estimate of drug-likeness (QED) is 0.397. The second-order valence-electron chi connectivity index (χ2n) is 4.94. The molecule has 0 amide bonds. The maximum absolute atomic E-state index is 11.6. The Bertz CT molecular complexity index is 497. The number of unbranched alkanes of at least 4 members (excludes halogenated alkanes) is 2. The van der Waals surface area contributed by atoms with E-state index >= 15 is 0 Å². The number of allylic oxidation sites excluding steroid dienone is 1. The van der Waals surface area contributed by atoms with Gasteiger partial charge in [-0.05, 0) is 42.4 Å². The van der Waals surface area contributed by atoms with Crippen LogP contribution in [0.5, 0.6) is 0 Å². The van der Waals surface area contributed by atoms with Crippen LogP contribution in [0.2, 0.25) is 0 Å². The molecule has 0 radical (unpaired) electrons. The van der Waals surface area contributed by atoms with Gasteiger partial charge < -0.3 is 9.84 Å². The third-order valence-electron chi connectivity index (χ3n) is 3.19. The van der Waals surface area contributed by atoms with E-state index < -0.39 is 0 Å². The Morgan fingerprint density at radius 1 is 1.41 bits per heavy atom. The first-order valence-electron chi connectivity index (χ1n) is 7.43. The minimum Gasteiger partial charge on any atom is -0.465 e. The van der Waals surface area contributed by atoms with Gasteiger partial charge in [0.1, 0.15) is 0 Å². The monoisotopic (exact) mass is 320 g/mol. The van der Waals surface area contributed by atoms with Crippen molar-refractivity contribution in [1.82, 2.24) is 0 Å². The molecule has 120 valence electrons. The summed E-state index contributed by atoms with van der Waals surface area (Å²) >= 11 is 1.55. The lowest BCUT2D eigenvalue weighted by molar-refractivity contribution is 0.0600. The molecule has 1 unspecified atom stereocenters. The maximum Gasteiger partial charge on any atom is 0.338 e. The van der Waals surface area contributed by atoms with Crippen LogP contribution in [-0.2, 0) is 4.74 Å². The molecule has 1 aromatic carbocycles. The SMILES string of the molecule is C=CCCCCC(O)CS/C=C/c1ccccc1C(=O)OC. The number of thioether (sulfide) groups is 1. The van der Waals surface area contributed by atoms with Crippen molar-refractivity contribution < 1.29 is 14.6 Å². The van der Waals surface area contributed by atoms with Crippen LogP contribution in [-0.4, -0.2) is 30.0 Å². The predicted molar refractivity (Wildman–Crippen MR) is 93.9 cm³/mol.